The Bertz CT molecular complexity index is 887. The first-order chi connectivity index (χ1) is 11.4. The van der Waals surface area contributed by atoms with Gasteiger partial charge in [0, 0.05) is 0 Å². The predicted octanol–water partition coefficient (Wildman–Crippen LogP) is 3.01. The zero-order chi connectivity index (χ0) is 17.3. The third-order valence-corrected chi connectivity index (χ3v) is 4.41. The average Bonchev–Trinajstić information content (AvgIpc) is 3.12. The van der Waals surface area contributed by atoms with Gasteiger partial charge in [-0.15, -0.1) is 0 Å². The van der Waals surface area contributed by atoms with Gasteiger partial charge in [0.1, 0.15) is 0 Å². The number of hydrogen-bond acceptors (Lipinski definition) is 3. The Hall–Kier alpha value is -2.92. The summed E-state index contributed by atoms with van der Waals surface area (Å²) in [5.74, 6) is -1.04. The Morgan fingerprint density at radius 2 is 1.92 bits per heavy atom. The van der Waals surface area contributed by atoms with Gasteiger partial charge in [-0.1, -0.05) is 30.3 Å². The van der Waals surface area contributed by atoms with Crippen LogP contribution in [0, 0.1) is 13.8 Å². The molecule has 0 aliphatic carbocycles. The maximum absolute atomic E-state index is 11.7. The fourth-order valence-electron chi connectivity index (χ4n) is 2.93. The van der Waals surface area contributed by atoms with Gasteiger partial charge in [0.15, 0.2) is 5.60 Å². The minimum Gasteiger partial charge on any atom is -0.478 e. The van der Waals surface area contributed by atoms with Crippen LogP contribution in [0.25, 0.3) is 0 Å². The Morgan fingerprint density at radius 1 is 1.17 bits per heavy atom. The lowest BCUT2D eigenvalue weighted by Gasteiger charge is -2.30. The molecule has 0 radical (unpaired) electrons. The van der Waals surface area contributed by atoms with Crippen molar-refractivity contribution in [1.29, 1.82) is 0 Å². The Balaban J connectivity index is 2.30. The second kappa shape index (κ2) is 5.94. The highest BCUT2D eigenvalue weighted by atomic mass is 16.4. The number of aryl methyl sites for hydroxylation is 1. The number of nitrogens with one attached hydrogen (secondary N) is 1. The van der Waals surface area contributed by atoms with Crippen LogP contribution >= 0.6 is 0 Å². The number of imidazole rings is 1. The molecule has 3 aromatic rings. The molecule has 3 N–H and O–H groups in total. The lowest BCUT2D eigenvalue weighted by atomic mass is 9.80. The smallest absolute Gasteiger partial charge is 0.335 e. The molecule has 0 spiro atoms. The molecule has 0 fully saturated rings. The van der Waals surface area contributed by atoms with E-state index in [0.29, 0.717) is 16.8 Å². The number of carboxylic acid groups (broad SMARTS) is 1. The molecule has 5 heteroatoms. The molecule has 3 rings (SSSR count). The van der Waals surface area contributed by atoms with Crippen molar-refractivity contribution in [2.45, 2.75) is 19.4 Å². The normalized spacial score (nSPS) is 13.5. The van der Waals surface area contributed by atoms with E-state index in [0.717, 1.165) is 11.1 Å². The number of benzene rings is 2. The molecule has 122 valence electrons. The van der Waals surface area contributed by atoms with Gasteiger partial charge in [-0.05, 0) is 48.2 Å². The molecule has 0 bridgehead atoms. The number of H-pyrrole nitrogens is 1. The third-order valence-electron chi connectivity index (χ3n) is 4.41. The number of rotatable bonds is 4. The van der Waals surface area contributed by atoms with Crippen LogP contribution in [0.4, 0.5) is 0 Å². The Kier molecular flexibility index (Phi) is 3.95. The largest absolute Gasteiger partial charge is 0.478 e. The van der Waals surface area contributed by atoms with Crippen LogP contribution in [-0.4, -0.2) is 26.2 Å². The average molecular weight is 322 g/mol. The number of aromatic amines is 1. The van der Waals surface area contributed by atoms with Crippen LogP contribution in [-0.2, 0) is 5.60 Å². The first kappa shape index (κ1) is 16.0. The SMILES string of the molecule is Cc1cccc(C(O)(c2cccc(C(=O)O)c2)c2cnc[nH]2)c1C. The van der Waals surface area contributed by atoms with Crippen molar-refractivity contribution >= 4 is 5.97 Å². The topological polar surface area (TPSA) is 86.2 Å². The van der Waals surface area contributed by atoms with Crippen LogP contribution in [0.3, 0.4) is 0 Å². The maximum atomic E-state index is 11.7. The minimum absolute atomic E-state index is 0.121. The molecule has 5 nitrogen and oxygen atoms in total. The number of hydrogen-bond donors (Lipinski definition) is 3. The third kappa shape index (κ3) is 2.49. The van der Waals surface area contributed by atoms with Crippen molar-refractivity contribution in [2.24, 2.45) is 0 Å². The van der Waals surface area contributed by atoms with Crippen molar-refractivity contribution < 1.29 is 15.0 Å². The number of aliphatic hydroxyl groups is 1. The van der Waals surface area contributed by atoms with Crippen molar-refractivity contribution in [3.8, 4) is 0 Å². The summed E-state index contributed by atoms with van der Waals surface area (Å²) in [5, 5.41) is 20.9. The van der Waals surface area contributed by atoms with Crippen molar-refractivity contribution in [3.63, 3.8) is 0 Å². The summed E-state index contributed by atoms with van der Waals surface area (Å²) in [6, 6.07) is 12.0. The minimum atomic E-state index is -1.52. The van der Waals surface area contributed by atoms with E-state index < -0.39 is 11.6 Å². The first-order valence-electron chi connectivity index (χ1n) is 7.56. The van der Waals surface area contributed by atoms with Crippen molar-refractivity contribution in [1.82, 2.24) is 9.97 Å². The molecule has 1 aromatic heterocycles. The van der Waals surface area contributed by atoms with Crippen LogP contribution in [0.1, 0.15) is 38.3 Å². The Morgan fingerprint density at radius 3 is 2.58 bits per heavy atom. The number of nitrogens with zero attached hydrogens (tertiary/aromatic N) is 1. The molecular weight excluding hydrogens is 304 g/mol. The van der Waals surface area contributed by atoms with Gasteiger partial charge in [0.25, 0.3) is 0 Å². The summed E-state index contributed by atoms with van der Waals surface area (Å²) in [4.78, 5) is 18.3. The summed E-state index contributed by atoms with van der Waals surface area (Å²) >= 11 is 0. The van der Waals surface area contributed by atoms with E-state index in [2.05, 4.69) is 9.97 Å². The van der Waals surface area contributed by atoms with Gasteiger partial charge in [0.05, 0.1) is 23.8 Å². The molecule has 0 amide bonds. The zero-order valence-electron chi connectivity index (χ0n) is 13.4. The van der Waals surface area contributed by atoms with Gasteiger partial charge in [-0.25, -0.2) is 9.78 Å². The van der Waals surface area contributed by atoms with Gasteiger partial charge in [0.2, 0.25) is 0 Å². The van der Waals surface area contributed by atoms with E-state index in [1.807, 2.05) is 32.0 Å². The van der Waals surface area contributed by atoms with E-state index in [4.69, 9.17) is 0 Å². The monoisotopic (exact) mass is 322 g/mol. The quantitative estimate of drug-likeness (QED) is 0.689. The summed E-state index contributed by atoms with van der Waals surface area (Å²) in [6.45, 7) is 3.91. The molecule has 0 aliphatic rings. The number of carbonyl (C=O) groups is 1. The number of aromatic carboxylic acids is 1. The molecular formula is C19H18N2O3. The maximum Gasteiger partial charge on any atom is 0.335 e. The van der Waals surface area contributed by atoms with E-state index >= 15 is 0 Å². The standard InChI is InChI=1S/C19H18N2O3/c1-12-5-3-8-16(13(12)2)19(24,17-10-20-11-21-17)15-7-4-6-14(9-15)18(22)23/h3-11,24H,1-2H3,(H,20,21)(H,22,23). The Labute approximate surface area is 139 Å². The van der Waals surface area contributed by atoms with Crippen LogP contribution < -0.4 is 0 Å². The summed E-state index contributed by atoms with van der Waals surface area (Å²) in [5.41, 5.74) is 2.23. The zero-order valence-corrected chi connectivity index (χ0v) is 13.4. The van der Waals surface area contributed by atoms with Gasteiger partial charge in [-0.3, -0.25) is 0 Å². The molecule has 1 heterocycles. The highest BCUT2D eigenvalue weighted by molar-refractivity contribution is 5.87. The number of carboxylic acids is 1. The second-order valence-corrected chi connectivity index (χ2v) is 5.81. The van der Waals surface area contributed by atoms with Gasteiger partial charge in [-0.2, -0.15) is 0 Å². The van der Waals surface area contributed by atoms with Crippen LogP contribution in [0.5, 0.6) is 0 Å². The fourth-order valence-corrected chi connectivity index (χ4v) is 2.93. The van der Waals surface area contributed by atoms with Crippen LogP contribution in [0.2, 0.25) is 0 Å². The number of aromatic nitrogens is 2. The molecule has 1 unspecified atom stereocenters. The van der Waals surface area contributed by atoms with E-state index in [1.54, 1.807) is 18.3 Å². The van der Waals surface area contributed by atoms with E-state index in [1.165, 1.54) is 18.5 Å². The van der Waals surface area contributed by atoms with Gasteiger partial charge < -0.3 is 15.2 Å². The van der Waals surface area contributed by atoms with Crippen molar-refractivity contribution in [2.75, 3.05) is 0 Å². The second-order valence-electron chi connectivity index (χ2n) is 5.81. The molecule has 0 aliphatic heterocycles. The highest BCUT2D eigenvalue weighted by Crippen LogP contribution is 2.38. The summed E-state index contributed by atoms with van der Waals surface area (Å²) < 4.78 is 0. The molecule has 2 aromatic carbocycles. The highest BCUT2D eigenvalue weighted by Gasteiger charge is 2.37. The van der Waals surface area contributed by atoms with Crippen LogP contribution in [0.15, 0.2) is 55.0 Å². The summed E-state index contributed by atoms with van der Waals surface area (Å²) in [6.07, 6.45) is 3.04. The first-order valence-corrected chi connectivity index (χ1v) is 7.56. The fraction of sp³-hybridized carbons (Fsp3) is 0.158. The molecule has 24 heavy (non-hydrogen) atoms. The predicted molar refractivity (Wildman–Crippen MR) is 90.0 cm³/mol. The lowest BCUT2D eigenvalue weighted by Crippen LogP contribution is -2.30. The van der Waals surface area contributed by atoms with E-state index in [-0.39, 0.29) is 5.56 Å². The molecule has 1 atom stereocenters. The molecule has 0 saturated heterocycles. The van der Waals surface area contributed by atoms with Crippen molar-refractivity contribution in [3.05, 3.63) is 88.5 Å². The van der Waals surface area contributed by atoms with Gasteiger partial charge >= 0.3 is 5.97 Å². The van der Waals surface area contributed by atoms with E-state index in [9.17, 15) is 15.0 Å². The summed E-state index contributed by atoms with van der Waals surface area (Å²) in [7, 11) is 0. The molecule has 0 saturated carbocycles. The lowest BCUT2D eigenvalue weighted by molar-refractivity contribution is 0.0696.